The Morgan fingerprint density at radius 2 is 1.63 bits per heavy atom. The van der Waals surface area contributed by atoms with E-state index in [1.54, 1.807) is 12.0 Å². The summed E-state index contributed by atoms with van der Waals surface area (Å²) in [5.74, 6) is 0.636. The first-order chi connectivity index (χ1) is 14.5. The molecule has 2 atom stereocenters. The quantitative estimate of drug-likeness (QED) is 0.609. The van der Waals surface area contributed by atoms with Gasteiger partial charge in [-0.15, -0.1) is 0 Å². The van der Waals surface area contributed by atoms with Gasteiger partial charge < -0.3 is 15.0 Å². The minimum atomic E-state index is -0.478. The number of nitrogens with zero attached hydrogens (tertiary/aromatic N) is 1. The Labute approximate surface area is 180 Å². The van der Waals surface area contributed by atoms with Crippen LogP contribution >= 0.6 is 0 Å². The molecule has 0 radical (unpaired) electrons. The standard InChI is InChI=1S/C25H34N2O3/c1-5-19(3)26-25(29)23(6-2)27(17-16-20-10-8-7-9-11-20)24(28)18-21-12-14-22(30-4)15-13-21/h7-15,19,23H,5-6,16-18H2,1-4H3,(H,26,29)/t19-,23-/m0/s1. The van der Waals surface area contributed by atoms with Gasteiger partial charge >= 0.3 is 0 Å². The predicted molar refractivity (Wildman–Crippen MR) is 121 cm³/mol. The second kappa shape index (κ2) is 12.0. The molecule has 0 aliphatic carbocycles. The highest BCUT2D eigenvalue weighted by Gasteiger charge is 2.28. The Hall–Kier alpha value is -2.82. The van der Waals surface area contributed by atoms with Crippen LogP contribution in [-0.2, 0) is 22.4 Å². The van der Waals surface area contributed by atoms with Crippen LogP contribution < -0.4 is 10.1 Å². The topological polar surface area (TPSA) is 58.6 Å². The molecule has 1 N–H and O–H groups in total. The lowest BCUT2D eigenvalue weighted by Gasteiger charge is -2.31. The molecule has 5 nitrogen and oxygen atoms in total. The summed E-state index contributed by atoms with van der Waals surface area (Å²) in [6, 6.07) is 17.2. The van der Waals surface area contributed by atoms with Gasteiger partial charge in [-0.2, -0.15) is 0 Å². The van der Waals surface area contributed by atoms with Crippen molar-refractivity contribution in [3.63, 3.8) is 0 Å². The van der Waals surface area contributed by atoms with Gasteiger partial charge in [-0.25, -0.2) is 0 Å². The number of ether oxygens (including phenoxy) is 1. The second-order valence-electron chi connectivity index (χ2n) is 7.59. The highest BCUT2D eigenvalue weighted by Crippen LogP contribution is 2.15. The molecule has 30 heavy (non-hydrogen) atoms. The van der Waals surface area contributed by atoms with Crippen molar-refractivity contribution in [3.05, 3.63) is 65.7 Å². The Morgan fingerprint density at radius 3 is 2.20 bits per heavy atom. The normalized spacial score (nSPS) is 12.7. The first-order valence-corrected chi connectivity index (χ1v) is 10.7. The first kappa shape index (κ1) is 23.5. The van der Waals surface area contributed by atoms with E-state index in [0.29, 0.717) is 19.4 Å². The minimum Gasteiger partial charge on any atom is -0.497 e. The van der Waals surface area contributed by atoms with E-state index in [0.717, 1.165) is 23.3 Å². The number of amides is 2. The largest absolute Gasteiger partial charge is 0.497 e. The van der Waals surface area contributed by atoms with Crippen molar-refractivity contribution in [2.75, 3.05) is 13.7 Å². The third-order valence-corrected chi connectivity index (χ3v) is 5.39. The third kappa shape index (κ3) is 6.90. The number of carbonyl (C=O) groups excluding carboxylic acids is 2. The molecule has 0 bridgehead atoms. The molecule has 0 saturated heterocycles. The molecule has 0 aliphatic heterocycles. The van der Waals surface area contributed by atoms with Crippen molar-refractivity contribution in [1.29, 1.82) is 0 Å². The fraction of sp³-hybridized carbons (Fsp3) is 0.440. The lowest BCUT2D eigenvalue weighted by atomic mass is 10.1. The molecule has 2 rings (SSSR count). The van der Waals surface area contributed by atoms with Crippen LogP contribution in [0.15, 0.2) is 54.6 Å². The Kier molecular flexibility index (Phi) is 9.39. The second-order valence-corrected chi connectivity index (χ2v) is 7.59. The summed E-state index contributed by atoms with van der Waals surface area (Å²) in [5.41, 5.74) is 2.06. The molecular formula is C25H34N2O3. The van der Waals surface area contributed by atoms with Gasteiger partial charge in [-0.05, 0) is 49.4 Å². The summed E-state index contributed by atoms with van der Waals surface area (Å²) in [6.07, 6.45) is 2.39. The maximum Gasteiger partial charge on any atom is 0.243 e. The Balaban J connectivity index is 2.18. The monoisotopic (exact) mass is 410 g/mol. The summed E-state index contributed by atoms with van der Waals surface area (Å²) in [5, 5.41) is 3.04. The Bertz CT molecular complexity index is 790. The molecule has 0 aliphatic rings. The zero-order valence-corrected chi connectivity index (χ0v) is 18.6. The predicted octanol–water partition coefficient (Wildman–Crippen LogP) is 4.00. The van der Waals surface area contributed by atoms with Gasteiger partial charge in [-0.3, -0.25) is 9.59 Å². The van der Waals surface area contributed by atoms with Crippen LogP contribution in [-0.4, -0.2) is 42.5 Å². The van der Waals surface area contributed by atoms with E-state index < -0.39 is 6.04 Å². The summed E-state index contributed by atoms with van der Waals surface area (Å²) >= 11 is 0. The highest BCUT2D eigenvalue weighted by atomic mass is 16.5. The van der Waals surface area contributed by atoms with Crippen LogP contribution in [0, 0.1) is 0 Å². The number of hydrogen-bond acceptors (Lipinski definition) is 3. The molecule has 162 valence electrons. The number of rotatable bonds is 11. The highest BCUT2D eigenvalue weighted by molar-refractivity contribution is 5.88. The van der Waals surface area contributed by atoms with Crippen molar-refractivity contribution in [1.82, 2.24) is 10.2 Å². The molecule has 0 spiro atoms. The zero-order chi connectivity index (χ0) is 21.9. The van der Waals surface area contributed by atoms with E-state index in [1.165, 1.54) is 0 Å². The van der Waals surface area contributed by atoms with Gasteiger partial charge in [0.2, 0.25) is 11.8 Å². The van der Waals surface area contributed by atoms with Gasteiger partial charge in [-0.1, -0.05) is 56.3 Å². The minimum absolute atomic E-state index is 0.0396. The van der Waals surface area contributed by atoms with Crippen molar-refractivity contribution >= 4 is 11.8 Å². The summed E-state index contributed by atoms with van der Waals surface area (Å²) in [6.45, 7) is 6.48. The van der Waals surface area contributed by atoms with Gasteiger partial charge in [0.25, 0.3) is 0 Å². The average molecular weight is 411 g/mol. The lowest BCUT2D eigenvalue weighted by Crippen LogP contribution is -2.52. The van der Waals surface area contributed by atoms with Crippen molar-refractivity contribution < 1.29 is 14.3 Å². The van der Waals surface area contributed by atoms with Crippen molar-refractivity contribution in [2.24, 2.45) is 0 Å². The van der Waals surface area contributed by atoms with E-state index in [1.807, 2.05) is 75.4 Å². The molecule has 5 heteroatoms. The first-order valence-electron chi connectivity index (χ1n) is 10.7. The van der Waals surface area contributed by atoms with Crippen LogP contribution in [0.25, 0.3) is 0 Å². The molecule has 2 aromatic carbocycles. The molecule has 0 unspecified atom stereocenters. The van der Waals surface area contributed by atoms with Crippen LogP contribution in [0.5, 0.6) is 5.75 Å². The molecule has 0 saturated carbocycles. The number of carbonyl (C=O) groups is 2. The number of methoxy groups -OCH3 is 1. The van der Waals surface area contributed by atoms with Crippen LogP contribution in [0.4, 0.5) is 0 Å². The third-order valence-electron chi connectivity index (χ3n) is 5.39. The maximum absolute atomic E-state index is 13.3. The zero-order valence-electron chi connectivity index (χ0n) is 18.6. The van der Waals surface area contributed by atoms with E-state index >= 15 is 0 Å². The summed E-state index contributed by atoms with van der Waals surface area (Å²) in [7, 11) is 1.62. The van der Waals surface area contributed by atoms with Crippen molar-refractivity contribution in [2.45, 2.75) is 58.5 Å². The van der Waals surface area contributed by atoms with E-state index in [-0.39, 0.29) is 24.3 Å². The van der Waals surface area contributed by atoms with Gasteiger partial charge in [0.15, 0.2) is 0 Å². The van der Waals surface area contributed by atoms with Gasteiger partial charge in [0.1, 0.15) is 11.8 Å². The smallest absolute Gasteiger partial charge is 0.243 e. The van der Waals surface area contributed by atoms with Crippen molar-refractivity contribution in [3.8, 4) is 5.75 Å². The average Bonchev–Trinajstić information content (AvgIpc) is 2.77. The van der Waals surface area contributed by atoms with Crippen LogP contribution in [0.2, 0.25) is 0 Å². The summed E-state index contributed by atoms with van der Waals surface area (Å²) in [4.78, 5) is 27.9. The fourth-order valence-electron chi connectivity index (χ4n) is 3.36. The van der Waals surface area contributed by atoms with Crippen LogP contribution in [0.1, 0.15) is 44.7 Å². The number of hydrogen-bond donors (Lipinski definition) is 1. The Morgan fingerprint density at radius 1 is 0.967 bits per heavy atom. The molecule has 2 amide bonds. The fourth-order valence-corrected chi connectivity index (χ4v) is 3.36. The molecule has 0 heterocycles. The van der Waals surface area contributed by atoms with Gasteiger partial charge in [0.05, 0.1) is 13.5 Å². The van der Waals surface area contributed by atoms with E-state index in [2.05, 4.69) is 5.32 Å². The molecule has 2 aromatic rings. The SMILES string of the molecule is CC[C@H](C)NC(=O)[C@H](CC)N(CCc1ccccc1)C(=O)Cc1ccc(OC)cc1. The van der Waals surface area contributed by atoms with E-state index in [4.69, 9.17) is 4.74 Å². The summed E-state index contributed by atoms with van der Waals surface area (Å²) < 4.78 is 5.20. The number of benzene rings is 2. The maximum atomic E-state index is 13.3. The molecule has 0 aromatic heterocycles. The number of nitrogens with one attached hydrogen (secondary N) is 1. The van der Waals surface area contributed by atoms with Crippen LogP contribution in [0.3, 0.4) is 0 Å². The van der Waals surface area contributed by atoms with Gasteiger partial charge in [0, 0.05) is 12.6 Å². The lowest BCUT2D eigenvalue weighted by molar-refractivity contribution is -0.140. The van der Waals surface area contributed by atoms with E-state index in [9.17, 15) is 9.59 Å². The molecular weight excluding hydrogens is 376 g/mol. The molecule has 0 fully saturated rings.